The van der Waals surface area contributed by atoms with Gasteiger partial charge in [0, 0.05) is 5.56 Å². The molecular weight excluding hydrogens is 650 g/mol. The monoisotopic (exact) mass is 668 g/mol. The largest absolute Gasteiger partial charge is 1.00 e. The maximum absolute atomic E-state index is 13.7. The van der Waals surface area contributed by atoms with Crippen molar-refractivity contribution < 1.29 is 99.4 Å². The molecule has 5 rings (SSSR count). The number of ether oxygens (including phenoxy) is 1. The van der Waals surface area contributed by atoms with Crippen LogP contribution < -0.4 is 69.7 Å². The minimum atomic E-state index is -4.76. The number of esters is 1. The average Bonchev–Trinajstić information content (AvgIpc) is 3.49. The number of aromatic amines is 1. The number of hydrogen-bond donors (Lipinski definition) is 1. The molecule has 1 aromatic heterocycles. The van der Waals surface area contributed by atoms with Crippen LogP contribution in [0.15, 0.2) is 104 Å². The van der Waals surface area contributed by atoms with E-state index >= 15 is 0 Å². The fraction of sp³-hybridized carbons (Fsp3) is 0.0370. The SMILES string of the molecule is COC(=O)c1[nH]n(-c2ccc(S(=O)(=O)[O-])cc2)c(=O)c1C=C1C(=O)N(c2ccc(S(=O)(=O)[O-])cc2)N=C1c1ccccc1.[Na+].[Na+]. The van der Waals surface area contributed by atoms with Crippen LogP contribution in [0, 0.1) is 0 Å². The Morgan fingerprint density at radius 1 is 0.822 bits per heavy atom. The van der Waals surface area contributed by atoms with Gasteiger partial charge in [0.1, 0.15) is 25.9 Å². The number of aromatic nitrogens is 2. The van der Waals surface area contributed by atoms with Crippen molar-refractivity contribution in [3.63, 3.8) is 0 Å². The molecule has 1 aliphatic rings. The van der Waals surface area contributed by atoms with Gasteiger partial charge in [0.2, 0.25) is 0 Å². The first kappa shape index (κ1) is 36.3. The van der Waals surface area contributed by atoms with Gasteiger partial charge in [-0.15, -0.1) is 0 Å². The molecular formula is C27H18N4Na2O10S2. The quantitative estimate of drug-likeness (QED) is 0.0865. The molecule has 0 bridgehead atoms. The van der Waals surface area contributed by atoms with E-state index in [4.69, 9.17) is 4.74 Å². The number of benzene rings is 3. The average molecular weight is 669 g/mol. The predicted octanol–water partition coefficient (Wildman–Crippen LogP) is -4.40. The summed E-state index contributed by atoms with van der Waals surface area (Å²) < 4.78 is 73.7. The Morgan fingerprint density at radius 3 is 1.82 bits per heavy atom. The molecule has 1 amide bonds. The summed E-state index contributed by atoms with van der Waals surface area (Å²) in [5, 5.41) is 7.92. The minimum absolute atomic E-state index is 0. The van der Waals surface area contributed by atoms with Gasteiger partial charge in [0.15, 0.2) is 5.69 Å². The summed E-state index contributed by atoms with van der Waals surface area (Å²) in [5.74, 6) is -1.71. The van der Waals surface area contributed by atoms with Crippen molar-refractivity contribution in [3.8, 4) is 5.69 Å². The normalized spacial score (nSPS) is 14.0. The van der Waals surface area contributed by atoms with Crippen molar-refractivity contribution in [1.29, 1.82) is 0 Å². The van der Waals surface area contributed by atoms with Crippen molar-refractivity contribution in [3.05, 3.63) is 112 Å². The van der Waals surface area contributed by atoms with Crippen molar-refractivity contribution in [2.45, 2.75) is 9.79 Å². The van der Waals surface area contributed by atoms with Gasteiger partial charge < -0.3 is 13.8 Å². The van der Waals surface area contributed by atoms with E-state index in [1.807, 2.05) is 0 Å². The van der Waals surface area contributed by atoms with Crippen LogP contribution in [0.2, 0.25) is 0 Å². The van der Waals surface area contributed by atoms with Crippen LogP contribution in [0.5, 0.6) is 0 Å². The summed E-state index contributed by atoms with van der Waals surface area (Å²) in [5.41, 5.74) is -0.827. The Balaban J connectivity index is 0.00000276. The fourth-order valence-electron chi connectivity index (χ4n) is 4.21. The molecule has 2 heterocycles. The Labute approximate surface area is 300 Å². The molecule has 1 aliphatic heterocycles. The molecule has 1 N–H and O–H groups in total. The van der Waals surface area contributed by atoms with Crippen molar-refractivity contribution in [1.82, 2.24) is 9.78 Å². The Hall–Kier alpha value is -3.16. The topological polar surface area (TPSA) is 211 Å². The van der Waals surface area contributed by atoms with Gasteiger partial charge in [-0.2, -0.15) is 10.1 Å². The number of hydrogen-bond acceptors (Lipinski definition) is 11. The number of anilines is 1. The summed E-state index contributed by atoms with van der Waals surface area (Å²) in [6.45, 7) is 0. The van der Waals surface area contributed by atoms with Crippen LogP contribution in [0.3, 0.4) is 0 Å². The van der Waals surface area contributed by atoms with Gasteiger partial charge in [-0.25, -0.2) is 26.3 Å². The molecule has 0 radical (unpaired) electrons. The number of rotatable bonds is 7. The van der Waals surface area contributed by atoms with Gasteiger partial charge in [0.25, 0.3) is 11.5 Å². The van der Waals surface area contributed by atoms with E-state index in [-0.39, 0.29) is 93.0 Å². The molecule has 220 valence electrons. The van der Waals surface area contributed by atoms with E-state index in [0.717, 1.165) is 47.1 Å². The predicted molar refractivity (Wildman–Crippen MR) is 149 cm³/mol. The summed E-state index contributed by atoms with van der Waals surface area (Å²) in [7, 11) is -8.42. The van der Waals surface area contributed by atoms with E-state index in [0.29, 0.717) is 5.56 Å². The molecule has 3 aromatic carbocycles. The molecule has 0 saturated carbocycles. The van der Waals surface area contributed by atoms with Gasteiger partial charge in [-0.05, 0) is 54.6 Å². The Kier molecular flexibility index (Phi) is 11.4. The van der Waals surface area contributed by atoms with Crippen molar-refractivity contribution in [2.75, 3.05) is 12.1 Å². The number of nitrogens with one attached hydrogen (secondary N) is 1. The minimum Gasteiger partial charge on any atom is -0.744 e. The molecule has 14 nitrogen and oxygen atoms in total. The second-order valence-electron chi connectivity index (χ2n) is 8.92. The van der Waals surface area contributed by atoms with Crippen molar-refractivity contribution in [2.24, 2.45) is 5.10 Å². The molecule has 0 unspecified atom stereocenters. The Morgan fingerprint density at radius 2 is 1.33 bits per heavy atom. The van der Waals surface area contributed by atoms with Gasteiger partial charge in [-0.3, -0.25) is 14.7 Å². The van der Waals surface area contributed by atoms with Crippen molar-refractivity contribution >= 4 is 49.6 Å². The molecule has 4 aromatic rings. The summed E-state index contributed by atoms with van der Waals surface area (Å²) in [6, 6.07) is 17.2. The van der Waals surface area contributed by atoms with Crippen LogP contribution in [0.1, 0.15) is 21.6 Å². The number of amides is 1. The number of carbonyl (C=O) groups excluding carboxylic acids is 2. The van der Waals surface area contributed by atoms with Crippen LogP contribution in [-0.4, -0.2) is 60.4 Å². The van der Waals surface area contributed by atoms with Gasteiger partial charge >= 0.3 is 65.1 Å². The van der Waals surface area contributed by atoms with Crippen LogP contribution in [0.4, 0.5) is 5.69 Å². The summed E-state index contributed by atoms with van der Waals surface area (Å²) in [4.78, 5) is 38.9. The van der Waals surface area contributed by atoms with Gasteiger partial charge in [-0.1, -0.05) is 30.3 Å². The molecule has 18 heteroatoms. The number of carbonyl (C=O) groups is 2. The van der Waals surface area contributed by atoms with E-state index < -0.39 is 47.5 Å². The summed E-state index contributed by atoms with van der Waals surface area (Å²) >= 11 is 0. The molecule has 45 heavy (non-hydrogen) atoms. The molecule has 0 spiro atoms. The third-order valence-corrected chi connectivity index (χ3v) is 7.98. The molecule has 0 fully saturated rings. The molecule has 0 atom stereocenters. The molecule has 0 aliphatic carbocycles. The molecule has 0 saturated heterocycles. The van der Waals surface area contributed by atoms with E-state index in [9.17, 15) is 40.3 Å². The first-order valence-electron chi connectivity index (χ1n) is 12.1. The zero-order chi connectivity index (χ0) is 31.1. The number of nitrogens with zero attached hydrogens (tertiary/aromatic N) is 3. The first-order chi connectivity index (χ1) is 20.3. The smallest absolute Gasteiger partial charge is 0.744 e. The van der Waals surface area contributed by atoms with E-state index in [1.54, 1.807) is 30.3 Å². The number of H-pyrrole nitrogens is 1. The number of hydrazone groups is 1. The van der Waals surface area contributed by atoms with Crippen LogP contribution in [-0.2, 0) is 29.8 Å². The fourth-order valence-corrected chi connectivity index (χ4v) is 5.15. The number of methoxy groups -OCH3 is 1. The van der Waals surface area contributed by atoms with E-state index in [1.165, 1.54) is 24.3 Å². The zero-order valence-electron chi connectivity index (χ0n) is 23.8. The van der Waals surface area contributed by atoms with Crippen LogP contribution >= 0.6 is 0 Å². The zero-order valence-corrected chi connectivity index (χ0v) is 29.5. The maximum Gasteiger partial charge on any atom is 1.00 e. The third-order valence-electron chi connectivity index (χ3n) is 6.28. The maximum atomic E-state index is 13.7. The standard InChI is InChI=1S/C27H20N4O10S2.2Na/c1-41-27(34)24-22(26(33)31(29-24)18-9-13-20(14-10-18)43(38,39)40)15-21-23(16-5-3-2-4-6-16)28-30(25(21)32)17-7-11-19(12-8-17)42(35,36)37;;/h2-15,29H,1H3,(H,35,36,37)(H,38,39,40);;/q;2*+1/p-2. The van der Waals surface area contributed by atoms with Gasteiger partial charge in [0.05, 0.1) is 39.4 Å². The summed E-state index contributed by atoms with van der Waals surface area (Å²) in [6.07, 6.45) is 1.14. The Bertz CT molecular complexity index is 2110. The second kappa shape index (κ2) is 14.1. The van der Waals surface area contributed by atoms with E-state index in [2.05, 4.69) is 10.2 Å². The first-order valence-corrected chi connectivity index (χ1v) is 14.9. The second-order valence-corrected chi connectivity index (χ2v) is 11.7. The third kappa shape index (κ3) is 7.47. The van der Waals surface area contributed by atoms with Crippen LogP contribution in [0.25, 0.3) is 11.8 Å².